The van der Waals surface area contributed by atoms with Crippen LogP contribution in [-0.4, -0.2) is 11.6 Å². The van der Waals surface area contributed by atoms with Crippen LogP contribution < -0.4 is 11.5 Å². The molecular weight excluding hydrogens is 596 g/mol. The number of halogens is 2. The Morgan fingerprint density at radius 1 is 0.559 bits per heavy atom. The number of carbonyl (C=O) groups excluding carboxylic acids is 2. The molecule has 0 unspecified atom stereocenters. The smallest absolute Gasteiger partial charge is 0.197 e. The van der Waals surface area contributed by atoms with Crippen molar-refractivity contribution in [3.05, 3.63) is 104 Å². The first-order chi connectivity index (χ1) is 16.4. The van der Waals surface area contributed by atoms with Gasteiger partial charge in [-0.1, -0.05) is 59.9 Å². The summed E-state index contributed by atoms with van der Waals surface area (Å²) in [5, 5.41) is 0. The van der Waals surface area contributed by atoms with Crippen molar-refractivity contribution in [2.75, 3.05) is 11.5 Å². The molecule has 0 radical (unpaired) electrons. The number of nitrogens with two attached hydrogens (primary N) is 2. The van der Waals surface area contributed by atoms with Crippen molar-refractivity contribution in [2.45, 2.75) is 19.6 Å². The highest BCUT2D eigenvalue weighted by molar-refractivity contribution is 9.11. The van der Waals surface area contributed by atoms with Gasteiger partial charge in [-0.15, -0.1) is 0 Å². The van der Waals surface area contributed by atoms with Crippen molar-refractivity contribution in [1.29, 1.82) is 0 Å². The average Bonchev–Trinajstić information content (AvgIpc) is 2.83. The minimum atomic E-state index is -0.309. The molecule has 4 nitrogen and oxygen atoms in total. The molecule has 0 bridgehead atoms. The van der Waals surface area contributed by atoms with Gasteiger partial charge < -0.3 is 11.5 Å². The summed E-state index contributed by atoms with van der Waals surface area (Å²) < 4.78 is 1.13. The van der Waals surface area contributed by atoms with E-state index in [1.165, 1.54) is 23.5 Å². The molecule has 168 valence electrons. The maximum atomic E-state index is 14.0. The predicted molar refractivity (Wildman–Crippen MR) is 145 cm³/mol. The Bertz CT molecular complexity index is 1360. The fraction of sp³-hybridized carbons (Fsp3) is 0. The fourth-order valence-electron chi connectivity index (χ4n) is 3.85. The first kappa shape index (κ1) is 23.2. The highest BCUT2D eigenvalue weighted by Crippen LogP contribution is 2.47. The molecule has 0 amide bonds. The van der Waals surface area contributed by atoms with Gasteiger partial charge in [0.2, 0.25) is 0 Å². The molecule has 8 heteroatoms. The molecule has 0 fully saturated rings. The number of hydrogen-bond donors (Lipinski definition) is 2. The molecule has 34 heavy (non-hydrogen) atoms. The third-order valence-electron chi connectivity index (χ3n) is 5.41. The Hall–Kier alpha value is -2.52. The van der Waals surface area contributed by atoms with E-state index in [1.807, 2.05) is 60.7 Å². The molecule has 1 aliphatic carbocycles. The van der Waals surface area contributed by atoms with E-state index < -0.39 is 0 Å². The molecule has 4 aromatic carbocycles. The number of nitrogen functional groups attached to an aromatic ring is 2. The fourth-order valence-corrected chi connectivity index (χ4v) is 7.05. The average molecular weight is 612 g/mol. The second-order valence-corrected chi connectivity index (χ2v) is 11.5. The number of ketones is 2. The first-order valence-electron chi connectivity index (χ1n) is 10.2. The van der Waals surface area contributed by atoms with Gasteiger partial charge in [-0.2, -0.15) is 0 Å². The molecular formula is C26H16Br2N2O2S2. The quantitative estimate of drug-likeness (QED) is 0.205. The van der Waals surface area contributed by atoms with E-state index in [0.29, 0.717) is 18.7 Å². The zero-order valence-electron chi connectivity index (χ0n) is 17.5. The second kappa shape index (κ2) is 9.26. The number of fused-ring (bicyclic) bond motifs is 2. The molecule has 5 rings (SSSR count). The van der Waals surface area contributed by atoms with Crippen LogP contribution in [0.15, 0.2) is 101 Å². The Labute approximate surface area is 221 Å². The highest BCUT2D eigenvalue weighted by atomic mass is 79.9. The van der Waals surface area contributed by atoms with E-state index in [4.69, 9.17) is 11.5 Å². The van der Waals surface area contributed by atoms with Crippen LogP contribution in [-0.2, 0) is 0 Å². The predicted octanol–water partition coefficient (Wildman–Crippen LogP) is 7.45. The standard InChI is InChI=1S/C26H16Br2N2O2S2/c27-15-11-17(33-13-7-3-1-4-8-13)19-21(23(15)29)26(32)20-18(34-14-9-5-2-6-10-14)12-16(28)24(30)22(20)25(19)31/h1-12H,29-30H2. The van der Waals surface area contributed by atoms with Crippen molar-refractivity contribution in [3.63, 3.8) is 0 Å². The maximum Gasteiger partial charge on any atom is 0.197 e. The van der Waals surface area contributed by atoms with Crippen molar-refractivity contribution < 1.29 is 9.59 Å². The molecule has 0 aromatic heterocycles. The molecule has 0 saturated heterocycles. The Morgan fingerprint density at radius 3 is 1.26 bits per heavy atom. The number of benzene rings is 4. The van der Waals surface area contributed by atoms with E-state index in [1.54, 1.807) is 12.1 Å². The van der Waals surface area contributed by atoms with Crippen LogP contribution in [0.3, 0.4) is 0 Å². The summed E-state index contributed by atoms with van der Waals surface area (Å²) in [6.07, 6.45) is 0. The van der Waals surface area contributed by atoms with E-state index in [9.17, 15) is 9.59 Å². The van der Waals surface area contributed by atoms with Gasteiger partial charge in [-0.25, -0.2) is 0 Å². The van der Waals surface area contributed by atoms with E-state index in [0.717, 1.165) is 9.79 Å². The number of anilines is 2. The third-order valence-corrected chi connectivity index (χ3v) is 8.82. The van der Waals surface area contributed by atoms with Crippen LogP contribution in [0.2, 0.25) is 0 Å². The number of hydrogen-bond acceptors (Lipinski definition) is 6. The van der Waals surface area contributed by atoms with Crippen LogP contribution in [0.1, 0.15) is 31.8 Å². The largest absolute Gasteiger partial charge is 0.397 e. The van der Waals surface area contributed by atoms with Crippen LogP contribution >= 0.6 is 55.4 Å². The zero-order valence-corrected chi connectivity index (χ0v) is 22.3. The van der Waals surface area contributed by atoms with E-state index in [-0.39, 0.29) is 45.2 Å². The van der Waals surface area contributed by atoms with Crippen LogP contribution in [0, 0.1) is 0 Å². The lowest BCUT2D eigenvalue weighted by molar-refractivity contribution is 0.0976. The van der Waals surface area contributed by atoms with Crippen LogP contribution in [0.25, 0.3) is 0 Å². The first-order valence-corrected chi connectivity index (χ1v) is 13.4. The minimum absolute atomic E-state index is 0.210. The molecule has 0 heterocycles. The Balaban J connectivity index is 1.74. The van der Waals surface area contributed by atoms with Gasteiger partial charge >= 0.3 is 0 Å². The topological polar surface area (TPSA) is 86.2 Å². The molecule has 0 saturated carbocycles. The second-order valence-electron chi connectivity index (χ2n) is 7.53. The van der Waals surface area contributed by atoms with E-state index >= 15 is 0 Å². The maximum absolute atomic E-state index is 14.0. The molecule has 0 atom stereocenters. The summed E-state index contributed by atoms with van der Waals surface area (Å²) in [6, 6.07) is 22.9. The van der Waals surface area contributed by atoms with Crippen LogP contribution in [0.5, 0.6) is 0 Å². The Kier molecular flexibility index (Phi) is 6.33. The van der Waals surface area contributed by atoms with Crippen LogP contribution in [0.4, 0.5) is 11.4 Å². The van der Waals surface area contributed by atoms with Crippen molar-refractivity contribution in [3.8, 4) is 0 Å². The van der Waals surface area contributed by atoms with E-state index in [2.05, 4.69) is 31.9 Å². The van der Waals surface area contributed by atoms with Gasteiger partial charge in [0.05, 0.1) is 22.5 Å². The highest BCUT2D eigenvalue weighted by Gasteiger charge is 2.38. The molecule has 0 spiro atoms. The summed E-state index contributed by atoms with van der Waals surface area (Å²) in [4.78, 5) is 31.1. The third kappa shape index (κ3) is 3.98. The van der Waals surface area contributed by atoms with Gasteiger partial charge in [0.15, 0.2) is 11.6 Å². The Morgan fingerprint density at radius 2 is 0.912 bits per heavy atom. The summed E-state index contributed by atoms with van der Waals surface area (Å²) in [5.74, 6) is -0.619. The van der Waals surface area contributed by atoms with Gasteiger partial charge in [-0.3, -0.25) is 9.59 Å². The lowest BCUT2D eigenvalue weighted by Gasteiger charge is -2.25. The zero-order chi connectivity index (χ0) is 24.0. The van der Waals surface area contributed by atoms with Gasteiger partial charge in [0.1, 0.15) is 0 Å². The lowest BCUT2D eigenvalue weighted by Crippen LogP contribution is -2.26. The van der Waals surface area contributed by atoms with Crippen molar-refractivity contribution in [1.82, 2.24) is 0 Å². The number of rotatable bonds is 4. The van der Waals surface area contributed by atoms with Gasteiger partial charge in [0.25, 0.3) is 0 Å². The van der Waals surface area contributed by atoms with Gasteiger partial charge in [-0.05, 0) is 68.3 Å². The van der Waals surface area contributed by atoms with Gasteiger partial charge in [0, 0.05) is 39.7 Å². The summed E-state index contributed by atoms with van der Waals surface area (Å²) >= 11 is 9.78. The SMILES string of the molecule is Nc1c(Br)cc(Sc2ccccc2)c2c1C(=O)c1c(Sc3ccccc3)cc(Br)c(N)c1C2=O. The lowest BCUT2D eigenvalue weighted by atomic mass is 9.82. The summed E-state index contributed by atoms with van der Waals surface area (Å²) in [5.41, 5.74) is 14.2. The molecule has 4 N–H and O–H groups in total. The monoisotopic (exact) mass is 610 g/mol. The van der Waals surface area contributed by atoms with Crippen molar-refractivity contribution >= 4 is 78.3 Å². The normalized spacial score (nSPS) is 12.4. The molecule has 4 aromatic rings. The summed E-state index contributed by atoms with van der Waals surface area (Å²) in [7, 11) is 0. The molecule has 0 aliphatic heterocycles. The number of carbonyl (C=O) groups is 2. The molecule has 1 aliphatic rings. The summed E-state index contributed by atoms with van der Waals surface area (Å²) in [6.45, 7) is 0. The minimum Gasteiger partial charge on any atom is -0.397 e. The van der Waals surface area contributed by atoms with Crippen molar-refractivity contribution in [2.24, 2.45) is 0 Å².